The van der Waals surface area contributed by atoms with Gasteiger partial charge in [-0.15, -0.1) is 0 Å². The van der Waals surface area contributed by atoms with Crippen molar-refractivity contribution in [3.63, 3.8) is 0 Å². The van der Waals surface area contributed by atoms with E-state index in [9.17, 15) is 4.79 Å². The number of fused-ring (bicyclic) bond motifs is 1. The van der Waals surface area contributed by atoms with Gasteiger partial charge in [0.25, 0.3) is 5.91 Å². The van der Waals surface area contributed by atoms with E-state index in [1.165, 1.54) is 11.1 Å². The summed E-state index contributed by atoms with van der Waals surface area (Å²) in [7, 11) is 0. The highest BCUT2D eigenvalue weighted by atomic mass is 16.2. The van der Waals surface area contributed by atoms with Gasteiger partial charge >= 0.3 is 0 Å². The van der Waals surface area contributed by atoms with Crippen LogP contribution in [0.25, 0.3) is 16.9 Å². The van der Waals surface area contributed by atoms with Crippen molar-refractivity contribution in [2.75, 3.05) is 6.54 Å². The van der Waals surface area contributed by atoms with Gasteiger partial charge in [-0.1, -0.05) is 92.6 Å². The molecule has 4 aromatic rings. The fraction of sp³-hybridized carbons (Fsp3) is 0.267. The average molecular weight is 450 g/mol. The van der Waals surface area contributed by atoms with E-state index < -0.39 is 0 Å². The van der Waals surface area contributed by atoms with E-state index in [0.717, 1.165) is 54.9 Å². The number of rotatable bonds is 6. The maximum Gasteiger partial charge on any atom is 0.258 e. The molecule has 0 fully saturated rings. The molecule has 0 radical (unpaired) electrons. The molecule has 1 amide bonds. The Morgan fingerprint density at radius 2 is 1.62 bits per heavy atom. The SMILES string of the molecule is CCCCC1c2ccccc2CCN1C(=O)c1c(-c2ccccc2)nn(-c2ccccc2)c1C. The standard InChI is InChI=1S/C30H31N3O/c1-3-4-19-27-26-18-12-11-13-23(26)20-21-32(27)30(34)28-22(2)33(25-16-9-6-10-17-25)31-29(28)24-14-7-5-8-15-24/h5-18,27H,3-4,19-21H2,1-2H3. The van der Waals surface area contributed by atoms with Crippen LogP contribution in [0, 0.1) is 6.92 Å². The third kappa shape index (κ3) is 4.05. The number of hydrogen-bond acceptors (Lipinski definition) is 2. The quantitative estimate of drug-likeness (QED) is 0.325. The molecule has 5 rings (SSSR count). The predicted octanol–water partition coefficient (Wildman–Crippen LogP) is 6.78. The molecule has 0 spiro atoms. The molecule has 4 nitrogen and oxygen atoms in total. The first-order valence-electron chi connectivity index (χ1n) is 12.3. The van der Waals surface area contributed by atoms with Crippen molar-refractivity contribution in [1.29, 1.82) is 0 Å². The van der Waals surface area contributed by atoms with Gasteiger partial charge in [0.2, 0.25) is 0 Å². The molecular weight excluding hydrogens is 418 g/mol. The number of carbonyl (C=O) groups excluding carboxylic acids is 1. The van der Waals surface area contributed by atoms with Crippen LogP contribution in [-0.4, -0.2) is 27.1 Å². The maximum absolute atomic E-state index is 14.3. The molecule has 1 atom stereocenters. The van der Waals surface area contributed by atoms with Gasteiger partial charge in [-0.25, -0.2) is 4.68 Å². The van der Waals surface area contributed by atoms with Gasteiger partial charge in [0.15, 0.2) is 0 Å². The lowest BCUT2D eigenvalue weighted by atomic mass is 9.89. The summed E-state index contributed by atoms with van der Waals surface area (Å²) in [5, 5.41) is 4.97. The number of para-hydroxylation sites is 1. The van der Waals surface area contributed by atoms with E-state index >= 15 is 0 Å². The normalized spacial score (nSPS) is 15.2. The number of benzene rings is 3. The van der Waals surface area contributed by atoms with Crippen LogP contribution < -0.4 is 0 Å². The van der Waals surface area contributed by atoms with Gasteiger partial charge in [-0.3, -0.25) is 4.79 Å². The van der Waals surface area contributed by atoms with Crippen LogP contribution in [0.4, 0.5) is 0 Å². The number of carbonyl (C=O) groups is 1. The van der Waals surface area contributed by atoms with E-state index in [1.807, 2.05) is 72.3 Å². The third-order valence-corrected chi connectivity index (χ3v) is 6.88. The first-order valence-corrected chi connectivity index (χ1v) is 12.3. The molecule has 2 heterocycles. The summed E-state index contributed by atoms with van der Waals surface area (Å²) < 4.78 is 1.91. The monoisotopic (exact) mass is 449 g/mol. The van der Waals surface area contributed by atoms with Crippen LogP contribution in [0.3, 0.4) is 0 Å². The Kier molecular flexibility index (Phi) is 6.31. The highest BCUT2D eigenvalue weighted by molar-refractivity contribution is 6.01. The lowest BCUT2D eigenvalue weighted by Gasteiger charge is -2.37. The van der Waals surface area contributed by atoms with Crippen LogP contribution >= 0.6 is 0 Å². The molecule has 0 aliphatic carbocycles. The summed E-state index contributed by atoms with van der Waals surface area (Å²) in [5.41, 5.74) is 6.92. The minimum atomic E-state index is 0.0779. The van der Waals surface area contributed by atoms with E-state index in [2.05, 4.69) is 36.1 Å². The zero-order valence-electron chi connectivity index (χ0n) is 19.9. The first kappa shape index (κ1) is 22.1. The van der Waals surface area contributed by atoms with Crippen molar-refractivity contribution < 1.29 is 4.79 Å². The molecule has 0 bridgehead atoms. The fourth-order valence-corrected chi connectivity index (χ4v) is 5.12. The lowest BCUT2D eigenvalue weighted by Crippen LogP contribution is -2.40. The molecule has 1 aliphatic rings. The Labute approximate surface area is 201 Å². The van der Waals surface area contributed by atoms with Gasteiger partial charge in [0.05, 0.1) is 23.0 Å². The first-order chi connectivity index (χ1) is 16.7. The van der Waals surface area contributed by atoms with Gasteiger partial charge in [0.1, 0.15) is 5.69 Å². The number of aromatic nitrogens is 2. The van der Waals surface area contributed by atoms with E-state index in [4.69, 9.17) is 5.10 Å². The van der Waals surface area contributed by atoms with Crippen LogP contribution in [0.15, 0.2) is 84.9 Å². The maximum atomic E-state index is 14.3. The van der Waals surface area contributed by atoms with Gasteiger partial charge in [0, 0.05) is 12.1 Å². The topological polar surface area (TPSA) is 38.1 Å². The summed E-state index contributed by atoms with van der Waals surface area (Å²) in [6.07, 6.45) is 4.07. The summed E-state index contributed by atoms with van der Waals surface area (Å²) in [4.78, 5) is 16.4. The zero-order chi connectivity index (χ0) is 23.5. The molecule has 0 N–H and O–H groups in total. The molecule has 3 aromatic carbocycles. The largest absolute Gasteiger partial charge is 0.331 e. The third-order valence-electron chi connectivity index (χ3n) is 6.88. The van der Waals surface area contributed by atoms with Crippen molar-refractivity contribution in [1.82, 2.24) is 14.7 Å². The van der Waals surface area contributed by atoms with Crippen molar-refractivity contribution >= 4 is 5.91 Å². The van der Waals surface area contributed by atoms with Crippen LogP contribution in [-0.2, 0) is 6.42 Å². The van der Waals surface area contributed by atoms with Crippen LogP contribution in [0.2, 0.25) is 0 Å². The smallest absolute Gasteiger partial charge is 0.258 e. The Morgan fingerprint density at radius 1 is 0.941 bits per heavy atom. The molecule has 172 valence electrons. The fourth-order valence-electron chi connectivity index (χ4n) is 5.12. The highest BCUT2D eigenvalue weighted by Gasteiger charge is 2.34. The van der Waals surface area contributed by atoms with Crippen molar-refractivity contribution in [2.24, 2.45) is 0 Å². The summed E-state index contributed by atoms with van der Waals surface area (Å²) in [6.45, 7) is 4.95. The zero-order valence-corrected chi connectivity index (χ0v) is 19.9. The van der Waals surface area contributed by atoms with Gasteiger partial charge < -0.3 is 4.90 Å². The van der Waals surface area contributed by atoms with Crippen molar-refractivity contribution in [2.45, 2.75) is 45.6 Å². The van der Waals surface area contributed by atoms with Gasteiger partial charge in [-0.2, -0.15) is 5.10 Å². The highest BCUT2D eigenvalue weighted by Crippen LogP contribution is 2.37. The number of hydrogen-bond donors (Lipinski definition) is 0. The van der Waals surface area contributed by atoms with E-state index in [0.29, 0.717) is 5.56 Å². The number of nitrogens with zero attached hydrogens (tertiary/aromatic N) is 3. The molecule has 1 aromatic heterocycles. The lowest BCUT2D eigenvalue weighted by molar-refractivity contribution is 0.0648. The number of amides is 1. The van der Waals surface area contributed by atoms with Gasteiger partial charge in [-0.05, 0) is 43.0 Å². The second kappa shape index (κ2) is 9.68. The Balaban J connectivity index is 1.62. The van der Waals surface area contributed by atoms with Crippen molar-refractivity contribution in [3.05, 3.63) is 107 Å². The molecule has 0 saturated carbocycles. The minimum Gasteiger partial charge on any atom is -0.331 e. The van der Waals surface area contributed by atoms with E-state index in [1.54, 1.807) is 0 Å². The Morgan fingerprint density at radius 3 is 2.35 bits per heavy atom. The number of unbranched alkanes of at least 4 members (excludes halogenated alkanes) is 1. The molecule has 1 unspecified atom stereocenters. The molecule has 1 aliphatic heterocycles. The van der Waals surface area contributed by atoms with Crippen LogP contribution in [0.5, 0.6) is 0 Å². The second-order valence-electron chi connectivity index (χ2n) is 9.03. The van der Waals surface area contributed by atoms with E-state index in [-0.39, 0.29) is 11.9 Å². The summed E-state index contributed by atoms with van der Waals surface area (Å²) in [5.74, 6) is 0.0779. The average Bonchev–Trinajstić information content (AvgIpc) is 3.24. The summed E-state index contributed by atoms with van der Waals surface area (Å²) in [6, 6.07) is 28.8. The minimum absolute atomic E-state index is 0.0779. The second-order valence-corrected chi connectivity index (χ2v) is 9.03. The molecule has 4 heteroatoms. The van der Waals surface area contributed by atoms with Crippen molar-refractivity contribution in [3.8, 4) is 16.9 Å². The predicted molar refractivity (Wildman–Crippen MR) is 137 cm³/mol. The Hall–Kier alpha value is -3.66. The van der Waals surface area contributed by atoms with Crippen LogP contribution in [0.1, 0.15) is 59.4 Å². The Bertz CT molecular complexity index is 1280. The molecule has 34 heavy (non-hydrogen) atoms. The summed E-state index contributed by atoms with van der Waals surface area (Å²) >= 11 is 0. The molecular formula is C30H31N3O. The molecule has 0 saturated heterocycles.